The molecule has 0 aliphatic heterocycles. The van der Waals surface area contributed by atoms with Crippen molar-refractivity contribution in [2.75, 3.05) is 32.8 Å². The average molecular weight is 445 g/mol. The summed E-state index contributed by atoms with van der Waals surface area (Å²) in [6, 6.07) is 0. The number of esters is 2. The van der Waals surface area contributed by atoms with Gasteiger partial charge < -0.3 is 18.9 Å². The summed E-state index contributed by atoms with van der Waals surface area (Å²) in [5, 5.41) is 0.627. The van der Waals surface area contributed by atoms with Gasteiger partial charge in [-0.3, -0.25) is 9.59 Å². The number of hydrogen-bond donors (Lipinski definition) is 0. The molecule has 152 valence electrons. The second-order valence-corrected chi connectivity index (χ2v) is 6.76. The average Bonchev–Trinajstić information content (AvgIpc) is 2.67. The van der Waals surface area contributed by atoms with E-state index in [0.717, 1.165) is 5.76 Å². The molecule has 1 rings (SSSR count). The molecule has 0 aromatic rings. The van der Waals surface area contributed by atoms with Crippen molar-refractivity contribution in [3.63, 3.8) is 0 Å². The second-order valence-electron chi connectivity index (χ2n) is 6.11. The van der Waals surface area contributed by atoms with Crippen LogP contribution in [0.4, 0.5) is 0 Å². The molecule has 0 aromatic heterocycles. The van der Waals surface area contributed by atoms with Crippen molar-refractivity contribution in [2.45, 2.75) is 33.1 Å². The van der Waals surface area contributed by atoms with E-state index in [1.54, 1.807) is 40.2 Å². The minimum Gasteiger partial charge on any atom is -0.501 e. The molecule has 0 amide bonds. The predicted octanol–water partition coefficient (Wildman–Crippen LogP) is 3.91. The summed E-state index contributed by atoms with van der Waals surface area (Å²) in [6.45, 7) is 3.82. The lowest BCUT2D eigenvalue weighted by atomic mass is 9.74. The zero-order chi connectivity index (χ0) is 20.3. The molecule has 7 heteroatoms. The maximum Gasteiger partial charge on any atom is 0.323 e. The minimum atomic E-state index is -1.42. The number of allylic oxidation sites excluding steroid dienone is 5. The summed E-state index contributed by atoms with van der Waals surface area (Å²) in [6.07, 6.45) is 8.37. The highest BCUT2D eigenvalue weighted by molar-refractivity contribution is 9.09. The molecular formula is C20H29BrO6. The fraction of sp³-hybridized carbons (Fsp3) is 0.600. The molecule has 0 spiro atoms. The highest BCUT2D eigenvalue weighted by Gasteiger charge is 2.49. The Kier molecular flexibility index (Phi) is 10.2. The van der Waals surface area contributed by atoms with Gasteiger partial charge in [-0.15, -0.1) is 0 Å². The van der Waals surface area contributed by atoms with Crippen LogP contribution in [0.1, 0.15) is 33.1 Å². The van der Waals surface area contributed by atoms with Gasteiger partial charge in [0, 0.05) is 17.8 Å². The van der Waals surface area contributed by atoms with Gasteiger partial charge in [0.2, 0.25) is 0 Å². The molecule has 0 N–H and O–H groups in total. The van der Waals surface area contributed by atoms with E-state index in [0.29, 0.717) is 17.5 Å². The first-order valence-electron chi connectivity index (χ1n) is 9.03. The van der Waals surface area contributed by atoms with Gasteiger partial charge in [-0.25, -0.2) is 0 Å². The van der Waals surface area contributed by atoms with Gasteiger partial charge in [-0.2, -0.15) is 0 Å². The molecular weight excluding hydrogens is 416 g/mol. The lowest BCUT2D eigenvalue weighted by Gasteiger charge is -2.32. The molecule has 0 saturated carbocycles. The fourth-order valence-corrected chi connectivity index (χ4v) is 3.31. The highest BCUT2D eigenvalue weighted by atomic mass is 79.9. The zero-order valence-corrected chi connectivity index (χ0v) is 18.0. The van der Waals surface area contributed by atoms with Crippen molar-refractivity contribution in [3.8, 4) is 0 Å². The summed E-state index contributed by atoms with van der Waals surface area (Å²) >= 11 is 3.32. The van der Waals surface area contributed by atoms with E-state index in [2.05, 4.69) is 15.9 Å². The molecule has 1 atom stereocenters. The number of alkyl halides is 1. The molecule has 0 aromatic carbocycles. The van der Waals surface area contributed by atoms with Crippen LogP contribution in [0.15, 0.2) is 35.8 Å². The predicted molar refractivity (Wildman–Crippen MR) is 106 cm³/mol. The molecule has 1 aliphatic carbocycles. The van der Waals surface area contributed by atoms with Crippen LogP contribution in [0.25, 0.3) is 0 Å². The second kappa shape index (κ2) is 11.8. The molecule has 0 saturated heterocycles. The minimum absolute atomic E-state index is 0.133. The Morgan fingerprint density at radius 3 is 2.26 bits per heavy atom. The first-order chi connectivity index (χ1) is 13.0. The Bertz CT molecular complexity index is 575. The zero-order valence-electron chi connectivity index (χ0n) is 16.5. The number of methoxy groups -OCH3 is 2. The molecule has 27 heavy (non-hydrogen) atoms. The Balaban J connectivity index is 3.26. The third kappa shape index (κ3) is 6.41. The van der Waals surface area contributed by atoms with Crippen LogP contribution in [-0.4, -0.2) is 44.7 Å². The molecule has 6 nitrogen and oxygen atoms in total. The monoisotopic (exact) mass is 444 g/mol. The summed E-state index contributed by atoms with van der Waals surface area (Å²) in [5.41, 5.74) is -1.42. The van der Waals surface area contributed by atoms with Crippen molar-refractivity contribution >= 4 is 27.9 Å². The van der Waals surface area contributed by atoms with Crippen LogP contribution in [0.3, 0.4) is 0 Å². The van der Waals surface area contributed by atoms with Crippen LogP contribution in [0.5, 0.6) is 0 Å². The van der Waals surface area contributed by atoms with E-state index in [4.69, 9.17) is 18.9 Å². The summed E-state index contributed by atoms with van der Waals surface area (Å²) in [5.74, 6) is 0.107. The Labute approximate surface area is 169 Å². The molecule has 0 radical (unpaired) electrons. The maximum absolute atomic E-state index is 12.9. The normalized spacial score (nSPS) is 17.1. The van der Waals surface area contributed by atoms with Crippen molar-refractivity contribution in [3.05, 3.63) is 35.8 Å². The number of halogens is 1. The number of ether oxygens (including phenoxy) is 4. The van der Waals surface area contributed by atoms with E-state index in [9.17, 15) is 9.59 Å². The van der Waals surface area contributed by atoms with E-state index >= 15 is 0 Å². The van der Waals surface area contributed by atoms with Crippen LogP contribution in [-0.2, 0) is 28.5 Å². The fourth-order valence-electron chi connectivity index (χ4n) is 3.05. The molecule has 0 bridgehead atoms. The van der Waals surface area contributed by atoms with Gasteiger partial charge in [0.25, 0.3) is 0 Å². The molecule has 0 fully saturated rings. The number of hydrogen-bond acceptors (Lipinski definition) is 6. The summed E-state index contributed by atoms with van der Waals surface area (Å²) < 4.78 is 21.2. The Hall–Kier alpha value is -1.76. The van der Waals surface area contributed by atoms with Crippen LogP contribution in [0.2, 0.25) is 0 Å². The van der Waals surface area contributed by atoms with Gasteiger partial charge in [0.15, 0.2) is 5.41 Å². The Morgan fingerprint density at radius 2 is 1.78 bits per heavy atom. The van der Waals surface area contributed by atoms with E-state index in [1.165, 1.54) is 0 Å². The van der Waals surface area contributed by atoms with E-state index in [-0.39, 0.29) is 32.0 Å². The first kappa shape index (κ1) is 23.3. The number of carbonyl (C=O) groups is 2. The largest absolute Gasteiger partial charge is 0.501 e. The standard InChI is InChI=1S/C20H29BrO6/c1-5-26-18(22)20(9-7-8-10-21,19(23)27-6-2)14-15-11-16(24-3)13-17(12-15)25-4/h7-8,11,13,15H,5-6,9-10,12,14H2,1-4H3/b8-7-. The van der Waals surface area contributed by atoms with Crippen molar-refractivity contribution < 1.29 is 28.5 Å². The third-order valence-corrected chi connectivity index (χ3v) is 4.70. The third-order valence-electron chi connectivity index (χ3n) is 4.33. The quantitative estimate of drug-likeness (QED) is 0.208. The van der Waals surface area contributed by atoms with Gasteiger partial charge in [-0.05, 0) is 38.7 Å². The van der Waals surface area contributed by atoms with E-state index < -0.39 is 17.4 Å². The van der Waals surface area contributed by atoms with Gasteiger partial charge in [-0.1, -0.05) is 28.1 Å². The topological polar surface area (TPSA) is 71.1 Å². The lowest BCUT2D eigenvalue weighted by Crippen LogP contribution is -2.43. The smallest absolute Gasteiger partial charge is 0.323 e. The summed E-state index contributed by atoms with van der Waals surface area (Å²) in [4.78, 5) is 25.8. The molecule has 1 unspecified atom stereocenters. The van der Waals surface area contributed by atoms with Gasteiger partial charge >= 0.3 is 11.9 Å². The van der Waals surface area contributed by atoms with Crippen LogP contribution >= 0.6 is 15.9 Å². The summed E-state index contributed by atoms with van der Waals surface area (Å²) in [7, 11) is 3.16. The van der Waals surface area contributed by atoms with Gasteiger partial charge in [0.05, 0.1) is 33.2 Å². The maximum atomic E-state index is 12.9. The Morgan fingerprint density at radius 1 is 1.15 bits per heavy atom. The van der Waals surface area contributed by atoms with Crippen molar-refractivity contribution in [1.29, 1.82) is 0 Å². The molecule has 0 heterocycles. The van der Waals surface area contributed by atoms with Crippen molar-refractivity contribution in [2.24, 2.45) is 11.3 Å². The van der Waals surface area contributed by atoms with Gasteiger partial charge in [0.1, 0.15) is 5.76 Å². The van der Waals surface area contributed by atoms with Crippen LogP contribution in [0, 0.1) is 11.3 Å². The van der Waals surface area contributed by atoms with Crippen molar-refractivity contribution in [1.82, 2.24) is 0 Å². The first-order valence-corrected chi connectivity index (χ1v) is 10.1. The van der Waals surface area contributed by atoms with E-state index in [1.807, 2.05) is 12.2 Å². The molecule has 1 aliphatic rings. The SMILES string of the molecule is CCOC(=O)C(C/C=C\CBr)(CC1C=C(OC)C=C(OC)C1)C(=O)OCC. The van der Waals surface area contributed by atoms with Crippen LogP contribution < -0.4 is 0 Å². The lowest BCUT2D eigenvalue weighted by molar-refractivity contribution is -0.173. The number of rotatable bonds is 11. The number of carbonyl (C=O) groups excluding carboxylic acids is 2. The highest BCUT2D eigenvalue weighted by Crippen LogP contribution is 2.39.